The average Bonchev–Trinajstić information content (AvgIpc) is 2.55. The highest BCUT2D eigenvalue weighted by Crippen LogP contribution is 2.39. The molecule has 2 heteroatoms. The van der Waals surface area contributed by atoms with E-state index in [1.807, 2.05) is 36.4 Å². The minimum Gasteiger partial charge on any atom is -0.289 e. The van der Waals surface area contributed by atoms with Crippen molar-refractivity contribution in [1.29, 1.82) is 0 Å². The third-order valence-corrected chi connectivity index (χ3v) is 3.02. The number of hydrogen-bond donors (Lipinski definition) is 0. The van der Waals surface area contributed by atoms with Crippen LogP contribution in [0.5, 0.6) is 0 Å². The van der Waals surface area contributed by atoms with Gasteiger partial charge in [0, 0.05) is 11.1 Å². The number of halogens is 1. The first kappa shape index (κ1) is 8.69. The lowest BCUT2D eigenvalue weighted by molar-refractivity contribution is 0.104. The maximum Gasteiger partial charge on any atom is 0.195 e. The van der Waals surface area contributed by atoms with Crippen LogP contribution in [0.25, 0.3) is 11.1 Å². The van der Waals surface area contributed by atoms with Crippen LogP contribution in [0, 0.1) is 0 Å². The van der Waals surface area contributed by atoms with E-state index in [4.69, 9.17) is 11.6 Å². The second-order valence-corrected chi connectivity index (χ2v) is 3.94. The highest BCUT2D eigenvalue weighted by Gasteiger charge is 2.27. The van der Waals surface area contributed by atoms with Crippen molar-refractivity contribution in [2.24, 2.45) is 0 Å². The Morgan fingerprint density at radius 2 is 1.47 bits per heavy atom. The summed E-state index contributed by atoms with van der Waals surface area (Å²) in [7, 11) is 0. The fourth-order valence-corrected chi connectivity index (χ4v) is 2.29. The fraction of sp³-hybridized carbons (Fsp3) is 0. The minimum atomic E-state index is 0.0335. The highest BCUT2D eigenvalue weighted by atomic mass is 35.5. The Hall–Kier alpha value is -1.60. The van der Waals surface area contributed by atoms with E-state index in [2.05, 4.69) is 0 Å². The number of fused-ring (bicyclic) bond motifs is 3. The molecular formula is C13H7ClO. The molecule has 72 valence electrons. The molecule has 0 aromatic heterocycles. The largest absolute Gasteiger partial charge is 0.289 e. The van der Waals surface area contributed by atoms with Crippen LogP contribution in [0.4, 0.5) is 0 Å². The Balaban J connectivity index is 2.43. The molecule has 0 unspecified atom stereocenters. The molecule has 1 nitrogen and oxygen atoms in total. The fourth-order valence-electron chi connectivity index (χ4n) is 2.03. The van der Waals surface area contributed by atoms with E-state index < -0.39 is 0 Å². The summed E-state index contributed by atoms with van der Waals surface area (Å²) in [5.74, 6) is 0.0335. The van der Waals surface area contributed by atoms with Gasteiger partial charge < -0.3 is 0 Å². The first-order valence-corrected chi connectivity index (χ1v) is 5.09. The molecule has 0 aliphatic heterocycles. The average molecular weight is 215 g/mol. The van der Waals surface area contributed by atoms with Crippen molar-refractivity contribution in [3.05, 3.63) is 58.6 Å². The second kappa shape index (κ2) is 2.94. The van der Waals surface area contributed by atoms with E-state index in [1.165, 1.54) is 0 Å². The third-order valence-electron chi connectivity index (χ3n) is 2.70. The number of carbonyl (C=O) groups is 1. The number of hydrogen-bond acceptors (Lipinski definition) is 1. The highest BCUT2D eigenvalue weighted by molar-refractivity contribution is 6.37. The van der Waals surface area contributed by atoms with E-state index in [0.29, 0.717) is 10.6 Å². The van der Waals surface area contributed by atoms with Gasteiger partial charge in [0.25, 0.3) is 0 Å². The molecular weight excluding hydrogens is 208 g/mol. The molecule has 3 rings (SSSR count). The van der Waals surface area contributed by atoms with Crippen molar-refractivity contribution in [3.8, 4) is 11.1 Å². The van der Waals surface area contributed by atoms with E-state index in [0.717, 1.165) is 16.7 Å². The molecule has 0 saturated heterocycles. The molecule has 0 bridgehead atoms. The lowest BCUT2D eigenvalue weighted by Gasteiger charge is -1.99. The molecule has 0 saturated carbocycles. The molecule has 0 spiro atoms. The van der Waals surface area contributed by atoms with Crippen LogP contribution < -0.4 is 0 Å². The van der Waals surface area contributed by atoms with Gasteiger partial charge in [0.15, 0.2) is 5.78 Å². The maximum absolute atomic E-state index is 12.0. The van der Waals surface area contributed by atoms with Crippen molar-refractivity contribution >= 4 is 17.4 Å². The van der Waals surface area contributed by atoms with Gasteiger partial charge in [0.05, 0.1) is 5.02 Å². The zero-order valence-electron chi connectivity index (χ0n) is 7.83. The van der Waals surface area contributed by atoms with E-state index >= 15 is 0 Å². The topological polar surface area (TPSA) is 17.1 Å². The van der Waals surface area contributed by atoms with Gasteiger partial charge in [-0.2, -0.15) is 0 Å². The lowest BCUT2D eigenvalue weighted by Crippen LogP contribution is -1.95. The molecule has 0 heterocycles. The number of carbonyl (C=O) groups excluding carboxylic acids is 1. The predicted molar refractivity (Wildman–Crippen MR) is 60.3 cm³/mol. The van der Waals surface area contributed by atoms with Crippen LogP contribution in [-0.2, 0) is 0 Å². The van der Waals surface area contributed by atoms with Gasteiger partial charge >= 0.3 is 0 Å². The normalized spacial score (nSPS) is 12.5. The number of rotatable bonds is 0. The number of benzene rings is 2. The van der Waals surface area contributed by atoms with Crippen molar-refractivity contribution in [3.63, 3.8) is 0 Å². The van der Waals surface area contributed by atoms with Gasteiger partial charge in [-0.05, 0) is 17.2 Å². The Bertz CT molecular complexity index is 572. The van der Waals surface area contributed by atoms with Crippen molar-refractivity contribution in [1.82, 2.24) is 0 Å². The quantitative estimate of drug-likeness (QED) is 0.559. The first-order valence-electron chi connectivity index (χ1n) is 4.71. The first-order chi connectivity index (χ1) is 7.29. The summed E-state index contributed by atoms with van der Waals surface area (Å²) in [6, 6.07) is 13.2. The van der Waals surface area contributed by atoms with Crippen LogP contribution >= 0.6 is 11.6 Å². The van der Waals surface area contributed by atoms with E-state index in [-0.39, 0.29) is 5.78 Å². The smallest absolute Gasteiger partial charge is 0.195 e. The summed E-state index contributed by atoms with van der Waals surface area (Å²) >= 11 is 6.03. The van der Waals surface area contributed by atoms with Gasteiger partial charge in [-0.15, -0.1) is 0 Å². The Morgan fingerprint density at radius 3 is 2.27 bits per heavy atom. The van der Waals surface area contributed by atoms with Gasteiger partial charge in [-0.25, -0.2) is 0 Å². The van der Waals surface area contributed by atoms with Crippen LogP contribution in [0.15, 0.2) is 42.5 Å². The summed E-state index contributed by atoms with van der Waals surface area (Å²) in [4.78, 5) is 12.0. The summed E-state index contributed by atoms with van der Waals surface area (Å²) in [6.07, 6.45) is 0. The minimum absolute atomic E-state index is 0.0335. The van der Waals surface area contributed by atoms with Gasteiger partial charge in [0.1, 0.15) is 0 Å². The van der Waals surface area contributed by atoms with Crippen molar-refractivity contribution < 1.29 is 4.79 Å². The van der Waals surface area contributed by atoms with Gasteiger partial charge in [-0.1, -0.05) is 48.0 Å². The monoisotopic (exact) mass is 214 g/mol. The summed E-state index contributed by atoms with van der Waals surface area (Å²) in [6.45, 7) is 0. The lowest BCUT2D eigenvalue weighted by atomic mass is 10.1. The van der Waals surface area contributed by atoms with Crippen LogP contribution in [-0.4, -0.2) is 5.78 Å². The van der Waals surface area contributed by atoms with Crippen LogP contribution in [0.1, 0.15) is 15.9 Å². The molecule has 2 aromatic rings. The molecule has 15 heavy (non-hydrogen) atoms. The van der Waals surface area contributed by atoms with Crippen LogP contribution in [0.3, 0.4) is 0 Å². The molecule has 1 aliphatic rings. The maximum atomic E-state index is 12.0. The SMILES string of the molecule is O=C1c2ccccc2-c2cccc(Cl)c21. The molecule has 0 radical (unpaired) electrons. The summed E-state index contributed by atoms with van der Waals surface area (Å²) in [5.41, 5.74) is 3.32. The van der Waals surface area contributed by atoms with Crippen molar-refractivity contribution in [2.75, 3.05) is 0 Å². The molecule has 1 aliphatic carbocycles. The van der Waals surface area contributed by atoms with E-state index in [9.17, 15) is 4.79 Å². The Kier molecular flexibility index (Phi) is 1.70. The zero-order valence-corrected chi connectivity index (χ0v) is 8.58. The molecule has 0 N–H and O–H groups in total. The molecule has 0 atom stereocenters. The Labute approximate surface area is 92.3 Å². The van der Waals surface area contributed by atoms with Crippen LogP contribution in [0.2, 0.25) is 5.02 Å². The van der Waals surface area contributed by atoms with Gasteiger partial charge in [-0.3, -0.25) is 4.79 Å². The van der Waals surface area contributed by atoms with Crippen molar-refractivity contribution in [2.45, 2.75) is 0 Å². The summed E-state index contributed by atoms with van der Waals surface area (Å²) in [5, 5.41) is 0.536. The number of ketones is 1. The second-order valence-electron chi connectivity index (χ2n) is 3.54. The third kappa shape index (κ3) is 1.07. The molecule has 0 fully saturated rings. The Morgan fingerprint density at radius 1 is 0.800 bits per heavy atom. The zero-order chi connectivity index (χ0) is 10.4. The van der Waals surface area contributed by atoms with Gasteiger partial charge in [0.2, 0.25) is 0 Å². The molecule has 2 aromatic carbocycles. The van der Waals surface area contributed by atoms with E-state index in [1.54, 1.807) is 6.07 Å². The summed E-state index contributed by atoms with van der Waals surface area (Å²) < 4.78 is 0. The molecule has 0 amide bonds. The predicted octanol–water partition coefficient (Wildman–Crippen LogP) is 3.55. The standard InChI is InChI=1S/C13H7ClO/c14-11-7-3-6-9-8-4-1-2-5-10(8)13(15)12(9)11/h1-7H.